The lowest BCUT2D eigenvalue weighted by molar-refractivity contribution is 0.00578. The smallest absolute Gasteiger partial charge is 0.189 e. The van der Waals surface area contributed by atoms with Crippen LogP contribution in [0.4, 0.5) is 11.4 Å². The third kappa shape index (κ3) is 1.55. The lowest BCUT2D eigenvalue weighted by Crippen LogP contribution is -2.41. The highest BCUT2D eigenvalue weighted by atomic mass is 31.2. The summed E-state index contributed by atoms with van der Waals surface area (Å²) in [6.45, 7) is 8.25. The lowest BCUT2D eigenvalue weighted by Gasteiger charge is -2.24. The van der Waals surface area contributed by atoms with Gasteiger partial charge < -0.3 is 0 Å². The number of rotatable bonds is 0. The molecular formula is C12H18N2O2P+. The van der Waals surface area contributed by atoms with Crippen molar-refractivity contribution < 1.29 is 9.05 Å². The monoisotopic (exact) mass is 253 g/mol. The second kappa shape index (κ2) is 3.14. The van der Waals surface area contributed by atoms with E-state index in [1.807, 2.05) is 24.3 Å². The van der Waals surface area contributed by atoms with E-state index >= 15 is 0 Å². The third-order valence-corrected chi connectivity index (χ3v) is 6.12. The molecule has 0 amide bonds. The first-order valence-corrected chi connectivity index (χ1v) is 7.42. The van der Waals surface area contributed by atoms with Gasteiger partial charge in [-0.25, -0.2) is 0 Å². The molecule has 4 nitrogen and oxygen atoms in total. The van der Waals surface area contributed by atoms with E-state index in [2.05, 4.69) is 37.9 Å². The third-order valence-electron chi connectivity index (χ3n) is 3.63. The molecule has 92 valence electrons. The lowest BCUT2D eigenvalue weighted by atomic mass is 9.90. The van der Waals surface area contributed by atoms with Gasteiger partial charge in [-0.2, -0.15) is 19.2 Å². The highest BCUT2D eigenvalue weighted by Crippen LogP contribution is 2.74. The van der Waals surface area contributed by atoms with Crippen molar-refractivity contribution >= 4 is 19.4 Å². The molecule has 0 atom stereocenters. The Balaban J connectivity index is 1.95. The van der Waals surface area contributed by atoms with Crippen LogP contribution in [0.1, 0.15) is 27.7 Å². The normalized spacial score (nSPS) is 26.4. The Bertz CT molecular complexity index is 430. The van der Waals surface area contributed by atoms with E-state index in [1.165, 1.54) is 0 Å². The molecule has 1 aromatic rings. The Morgan fingerprint density at radius 1 is 0.882 bits per heavy atom. The van der Waals surface area contributed by atoms with Crippen LogP contribution in [0.25, 0.3) is 0 Å². The molecule has 2 N–H and O–H groups in total. The molecule has 5 heteroatoms. The van der Waals surface area contributed by atoms with Crippen molar-refractivity contribution in [3.8, 4) is 0 Å². The largest absolute Gasteiger partial charge is 0.484 e. The van der Waals surface area contributed by atoms with Crippen molar-refractivity contribution in [1.82, 2.24) is 0 Å². The molecule has 0 unspecified atom stereocenters. The molecule has 0 aliphatic carbocycles. The van der Waals surface area contributed by atoms with Gasteiger partial charge in [0.1, 0.15) is 22.6 Å². The van der Waals surface area contributed by atoms with Crippen LogP contribution in [-0.4, -0.2) is 11.2 Å². The van der Waals surface area contributed by atoms with E-state index in [4.69, 9.17) is 9.05 Å². The van der Waals surface area contributed by atoms with Gasteiger partial charge in [-0.05, 0) is 39.8 Å². The number of benzene rings is 1. The molecule has 0 aromatic heterocycles. The highest BCUT2D eigenvalue weighted by Gasteiger charge is 2.68. The Morgan fingerprint density at radius 2 is 1.29 bits per heavy atom. The molecule has 0 radical (unpaired) electrons. The molecule has 1 spiro atoms. The highest BCUT2D eigenvalue weighted by molar-refractivity contribution is 7.70. The molecule has 2 aliphatic heterocycles. The average molecular weight is 253 g/mol. The molecule has 2 heterocycles. The number of anilines is 2. The van der Waals surface area contributed by atoms with Gasteiger partial charge in [0.15, 0.2) is 0 Å². The SMILES string of the molecule is CC1(C)O[P+]2(Nc3ccccc3N2)OC1(C)C. The van der Waals surface area contributed by atoms with E-state index in [0.29, 0.717) is 0 Å². The van der Waals surface area contributed by atoms with Crippen LogP contribution in [0.2, 0.25) is 0 Å². The first-order chi connectivity index (χ1) is 7.84. The minimum absolute atomic E-state index is 0.317. The second-order valence-corrected chi connectivity index (χ2v) is 7.44. The van der Waals surface area contributed by atoms with Crippen molar-refractivity contribution in [2.24, 2.45) is 0 Å². The van der Waals surface area contributed by atoms with Gasteiger partial charge in [-0.1, -0.05) is 12.1 Å². The van der Waals surface area contributed by atoms with Crippen molar-refractivity contribution in [3.63, 3.8) is 0 Å². The number of hydrogen-bond donors (Lipinski definition) is 2. The summed E-state index contributed by atoms with van der Waals surface area (Å²) in [6.07, 6.45) is 0. The summed E-state index contributed by atoms with van der Waals surface area (Å²) in [5, 5.41) is 6.75. The molecule has 3 rings (SSSR count). The van der Waals surface area contributed by atoms with Gasteiger partial charge >= 0.3 is 8.02 Å². The standard InChI is InChI=1S/C12H18N2O2P/c1-11(2)12(3,4)16-17(15-11)13-9-7-5-6-8-10(9)14-17/h5-8,13-14H,1-4H3/q+1. The Morgan fingerprint density at radius 3 is 1.71 bits per heavy atom. The van der Waals surface area contributed by atoms with Gasteiger partial charge in [0.2, 0.25) is 0 Å². The van der Waals surface area contributed by atoms with Gasteiger partial charge in [-0.3, -0.25) is 0 Å². The van der Waals surface area contributed by atoms with Crippen molar-refractivity contribution in [1.29, 1.82) is 0 Å². The van der Waals surface area contributed by atoms with Gasteiger partial charge in [-0.15, -0.1) is 0 Å². The van der Waals surface area contributed by atoms with E-state index in [0.717, 1.165) is 11.4 Å². The van der Waals surface area contributed by atoms with Crippen LogP contribution in [0.3, 0.4) is 0 Å². The number of nitrogens with one attached hydrogen (secondary N) is 2. The Kier molecular flexibility index (Phi) is 2.08. The summed E-state index contributed by atoms with van der Waals surface area (Å²) >= 11 is 0. The summed E-state index contributed by atoms with van der Waals surface area (Å²) in [6, 6.07) is 8.06. The molecule has 1 aromatic carbocycles. The van der Waals surface area contributed by atoms with Gasteiger partial charge in [0, 0.05) is 0 Å². The minimum atomic E-state index is -2.22. The predicted molar refractivity (Wildman–Crippen MR) is 70.9 cm³/mol. The maximum atomic E-state index is 6.16. The van der Waals surface area contributed by atoms with E-state index in [-0.39, 0.29) is 11.2 Å². The molecule has 0 bridgehead atoms. The Labute approximate surface area is 102 Å². The van der Waals surface area contributed by atoms with Gasteiger partial charge in [0.05, 0.1) is 0 Å². The van der Waals surface area contributed by atoms with Crippen LogP contribution in [-0.2, 0) is 9.05 Å². The minimum Gasteiger partial charge on any atom is -0.189 e. The van der Waals surface area contributed by atoms with Crippen LogP contribution in [0, 0.1) is 0 Å². The van der Waals surface area contributed by atoms with Crippen molar-refractivity contribution in [2.45, 2.75) is 38.9 Å². The number of para-hydroxylation sites is 2. The Hall–Kier alpha value is -0.830. The second-order valence-electron chi connectivity index (χ2n) is 5.52. The van der Waals surface area contributed by atoms with Crippen LogP contribution in [0.5, 0.6) is 0 Å². The summed E-state index contributed by atoms with van der Waals surface area (Å²) in [5.74, 6) is 0. The average Bonchev–Trinajstić information content (AvgIpc) is 2.59. The molecule has 2 aliphatic rings. The zero-order valence-corrected chi connectivity index (χ0v) is 11.5. The van der Waals surface area contributed by atoms with E-state index < -0.39 is 8.02 Å². The van der Waals surface area contributed by atoms with Crippen molar-refractivity contribution in [2.75, 3.05) is 10.2 Å². The van der Waals surface area contributed by atoms with Gasteiger partial charge in [0.25, 0.3) is 0 Å². The fourth-order valence-corrected chi connectivity index (χ4v) is 5.02. The summed E-state index contributed by atoms with van der Waals surface area (Å²) in [7, 11) is -2.22. The zero-order chi connectivity index (χ0) is 12.3. The topological polar surface area (TPSA) is 42.5 Å². The molecule has 0 saturated carbocycles. The van der Waals surface area contributed by atoms with E-state index in [9.17, 15) is 0 Å². The fourth-order valence-electron chi connectivity index (χ4n) is 2.00. The zero-order valence-electron chi connectivity index (χ0n) is 10.6. The fraction of sp³-hybridized carbons (Fsp3) is 0.500. The first kappa shape index (κ1) is 11.3. The van der Waals surface area contributed by atoms with Crippen molar-refractivity contribution in [3.05, 3.63) is 24.3 Å². The maximum Gasteiger partial charge on any atom is 0.484 e. The van der Waals surface area contributed by atoms with E-state index in [1.54, 1.807) is 0 Å². The van der Waals surface area contributed by atoms with Crippen LogP contribution >= 0.6 is 8.02 Å². The molecule has 1 saturated heterocycles. The number of hydrogen-bond acceptors (Lipinski definition) is 4. The predicted octanol–water partition coefficient (Wildman–Crippen LogP) is 3.81. The van der Waals surface area contributed by atoms with Crippen LogP contribution < -0.4 is 10.2 Å². The summed E-state index contributed by atoms with van der Waals surface area (Å²) < 4.78 is 12.3. The van der Waals surface area contributed by atoms with Crippen LogP contribution in [0.15, 0.2) is 24.3 Å². The maximum absolute atomic E-state index is 6.16. The molecule has 17 heavy (non-hydrogen) atoms. The number of fused-ring (bicyclic) bond motifs is 1. The molecule has 1 fully saturated rings. The quantitative estimate of drug-likeness (QED) is 0.690. The summed E-state index contributed by atoms with van der Waals surface area (Å²) in [5.41, 5.74) is 1.47. The summed E-state index contributed by atoms with van der Waals surface area (Å²) in [4.78, 5) is 0. The molecular weight excluding hydrogens is 235 g/mol. The first-order valence-electron chi connectivity index (χ1n) is 5.80.